The van der Waals surface area contributed by atoms with Gasteiger partial charge >= 0.3 is 0 Å². The van der Waals surface area contributed by atoms with Gasteiger partial charge < -0.3 is 20.1 Å². The fourth-order valence-electron chi connectivity index (χ4n) is 1.98. The number of carbonyl (C=O) groups is 1. The second kappa shape index (κ2) is 7.74. The molecular weight excluding hydrogens is 316 g/mol. The molecule has 0 aliphatic carbocycles. The number of benzene rings is 2. The number of amides is 1. The number of methoxy groups -OCH3 is 2. The number of anilines is 2. The van der Waals surface area contributed by atoms with Gasteiger partial charge in [-0.1, -0.05) is 17.7 Å². The van der Waals surface area contributed by atoms with E-state index in [-0.39, 0.29) is 12.5 Å². The average Bonchev–Trinajstić information content (AvgIpc) is 2.56. The lowest BCUT2D eigenvalue weighted by atomic mass is 10.2. The molecule has 23 heavy (non-hydrogen) atoms. The molecule has 2 aromatic carbocycles. The molecule has 2 rings (SSSR count). The van der Waals surface area contributed by atoms with E-state index in [2.05, 4.69) is 10.6 Å². The van der Waals surface area contributed by atoms with Crippen molar-refractivity contribution in [2.24, 2.45) is 0 Å². The molecular formula is C17H19ClN2O3. The summed E-state index contributed by atoms with van der Waals surface area (Å²) in [5.41, 5.74) is 2.36. The van der Waals surface area contributed by atoms with E-state index < -0.39 is 0 Å². The van der Waals surface area contributed by atoms with E-state index in [1.165, 1.54) is 7.11 Å². The number of nitrogens with one attached hydrogen (secondary N) is 2. The fourth-order valence-corrected chi connectivity index (χ4v) is 2.16. The third-order valence-electron chi connectivity index (χ3n) is 3.31. The predicted molar refractivity (Wildman–Crippen MR) is 92.9 cm³/mol. The molecule has 0 saturated carbocycles. The van der Waals surface area contributed by atoms with Crippen LogP contribution in [0.3, 0.4) is 0 Å². The highest BCUT2D eigenvalue weighted by molar-refractivity contribution is 6.31. The quantitative estimate of drug-likeness (QED) is 0.845. The highest BCUT2D eigenvalue weighted by atomic mass is 35.5. The van der Waals surface area contributed by atoms with Crippen LogP contribution in [0.25, 0.3) is 0 Å². The van der Waals surface area contributed by atoms with Gasteiger partial charge in [0.1, 0.15) is 11.5 Å². The predicted octanol–water partition coefficient (Wildman–Crippen LogP) is 3.72. The highest BCUT2D eigenvalue weighted by Crippen LogP contribution is 2.29. The smallest absolute Gasteiger partial charge is 0.243 e. The number of hydrogen-bond donors (Lipinski definition) is 2. The number of ether oxygens (including phenoxy) is 2. The summed E-state index contributed by atoms with van der Waals surface area (Å²) in [5.74, 6) is 1.01. The Labute approximate surface area is 140 Å². The van der Waals surface area contributed by atoms with Crippen molar-refractivity contribution >= 4 is 28.9 Å². The van der Waals surface area contributed by atoms with Crippen molar-refractivity contribution in [1.82, 2.24) is 0 Å². The maximum Gasteiger partial charge on any atom is 0.243 e. The van der Waals surface area contributed by atoms with Gasteiger partial charge in [0.2, 0.25) is 5.91 Å². The van der Waals surface area contributed by atoms with Crippen LogP contribution in [0.4, 0.5) is 11.4 Å². The van der Waals surface area contributed by atoms with Crippen LogP contribution in [-0.4, -0.2) is 26.7 Å². The zero-order valence-corrected chi connectivity index (χ0v) is 14.0. The molecule has 6 heteroatoms. The van der Waals surface area contributed by atoms with Crippen LogP contribution in [0, 0.1) is 6.92 Å². The van der Waals surface area contributed by atoms with Gasteiger partial charge in [0, 0.05) is 16.8 Å². The first-order valence-electron chi connectivity index (χ1n) is 7.05. The first-order chi connectivity index (χ1) is 11.0. The lowest BCUT2D eigenvalue weighted by Gasteiger charge is -2.12. The van der Waals surface area contributed by atoms with Gasteiger partial charge in [0.05, 0.1) is 26.5 Å². The van der Waals surface area contributed by atoms with Crippen molar-refractivity contribution in [1.29, 1.82) is 0 Å². The number of rotatable bonds is 6. The Hall–Kier alpha value is -2.40. The van der Waals surface area contributed by atoms with Crippen molar-refractivity contribution in [2.45, 2.75) is 6.92 Å². The van der Waals surface area contributed by atoms with Crippen LogP contribution in [0.1, 0.15) is 5.56 Å². The summed E-state index contributed by atoms with van der Waals surface area (Å²) in [4.78, 5) is 12.1. The van der Waals surface area contributed by atoms with Crippen LogP contribution in [0.5, 0.6) is 11.5 Å². The summed E-state index contributed by atoms with van der Waals surface area (Å²) in [7, 11) is 3.11. The molecule has 0 heterocycles. The van der Waals surface area contributed by atoms with Crippen LogP contribution in [0.2, 0.25) is 5.02 Å². The van der Waals surface area contributed by atoms with E-state index in [0.29, 0.717) is 22.2 Å². The van der Waals surface area contributed by atoms with Crippen LogP contribution in [-0.2, 0) is 4.79 Å². The monoisotopic (exact) mass is 334 g/mol. The van der Waals surface area contributed by atoms with E-state index in [1.807, 2.05) is 19.1 Å². The van der Waals surface area contributed by atoms with Gasteiger partial charge in [0.25, 0.3) is 0 Å². The van der Waals surface area contributed by atoms with E-state index in [1.54, 1.807) is 31.4 Å². The molecule has 0 fully saturated rings. The Balaban J connectivity index is 1.98. The number of carbonyl (C=O) groups excluding carboxylic acids is 1. The molecule has 0 unspecified atom stereocenters. The third-order valence-corrected chi connectivity index (χ3v) is 3.71. The van der Waals surface area contributed by atoms with E-state index in [0.717, 1.165) is 11.3 Å². The Morgan fingerprint density at radius 3 is 2.57 bits per heavy atom. The standard InChI is InChI=1S/C17H19ClN2O3/c1-11-4-5-12(8-14(11)18)19-10-17(21)20-15-7-6-13(22-2)9-16(15)23-3/h4-9,19H,10H2,1-3H3,(H,20,21). The third kappa shape index (κ3) is 4.53. The summed E-state index contributed by atoms with van der Waals surface area (Å²) in [6, 6.07) is 10.8. The Bertz CT molecular complexity index is 704. The average molecular weight is 335 g/mol. The second-order valence-corrected chi connectivity index (χ2v) is 5.34. The van der Waals surface area contributed by atoms with E-state index >= 15 is 0 Å². The summed E-state index contributed by atoms with van der Waals surface area (Å²) in [6.45, 7) is 2.04. The van der Waals surface area contributed by atoms with Crippen LogP contribution < -0.4 is 20.1 Å². The maximum absolute atomic E-state index is 12.1. The molecule has 0 spiro atoms. The minimum absolute atomic E-state index is 0.120. The number of aryl methyl sites for hydroxylation is 1. The van der Waals surface area contributed by atoms with Crippen molar-refractivity contribution in [2.75, 3.05) is 31.4 Å². The highest BCUT2D eigenvalue weighted by Gasteiger charge is 2.09. The molecule has 2 aromatic rings. The van der Waals surface area contributed by atoms with Gasteiger partial charge in [-0.2, -0.15) is 0 Å². The van der Waals surface area contributed by atoms with Crippen LogP contribution in [0.15, 0.2) is 36.4 Å². The minimum Gasteiger partial charge on any atom is -0.497 e. The van der Waals surface area contributed by atoms with Gasteiger partial charge in [0.15, 0.2) is 0 Å². The molecule has 0 saturated heterocycles. The van der Waals surface area contributed by atoms with Gasteiger partial charge in [-0.15, -0.1) is 0 Å². The lowest BCUT2D eigenvalue weighted by molar-refractivity contribution is -0.114. The van der Waals surface area contributed by atoms with E-state index in [9.17, 15) is 4.79 Å². The molecule has 1 amide bonds. The molecule has 0 aromatic heterocycles. The van der Waals surface area contributed by atoms with Gasteiger partial charge in [-0.25, -0.2) is 0 Å². The minimum atomic E-state index is -0.190. The van der Waals surface area contributed by atoms with Crippen LogP contribution >= 0.6 is 11.6 Å². The number of halogens is 1. The zero-order valence-electron chi connectivity index (χ0n) is 13.3. The first kappa shape index (κ1) is 17.0. The van der Waals surface area contributed by atoms with E-state index in [4.69, 9.17) is 21.1 Å². The fraction of sp³-hybridized carbons (Fsp3) is 0.235. The van der Waals surface area contributed by atoms with Crippen molar-refractivity contribution in [3.8, 4) is 11.5 Å². The molecule has 5 nitrogen and oxygen atoms in total. The largest absolute Gasteiger partial charge is 0.497 e. The first-order valence-corrected chi connectivity index (χ1v) is 7.43. The lowest BCUT2D eigenvalue weighted by Crippen LogP contribution is -2.22. The number of hydrogen-bond acceptors (Lipinski definition) is 4. The molecule has 0 aliphatic heterocycles. The molecule has 2 N–H and O–H groups in total. The molecule has 0 aliphatic rings. The van der Waals surface area contributed by atoms with Crippen molar-refractivity contribution in [3.05, 3.63) is 47.0 Å². The summed E-state index contributed by atoms with van der Waals surface area (Å²) in [6.07, 6.45) is 0. The normalized spacial score (nSPS) is 10.1. The summed E-state index contributed by atoms with van der Waals surface area (Å²) < 4.78 is 10.4. The molecule has 122 valence electrons. The Morgan fingerprint density at radius 1 is 1.13 bits per heavy atom. The second-order valence-electron chi connectivity index (χ2n) is 4.93. The molecule has 0 atom stereocenters. The van der Waals surface area contributed by atoms with Gasteiger partial charge in [-0.3, -0.25) is 4.79 Å². The summed E-state index contributed by atoms with van der Waals surface area (Å²) in [5, 5.41) is 6.48. The Morgan fingerprint density at radius 2 is 1.91 bits per heavy atom. The van der Waals surface area contributed by atoms with Gasteiger partial charge in [-0.05, 0) is 36.8 Å². The SMILES string of the molecule is COc1ccc(NC(=O)CNc2ccc(C)c(Cl)c2)c(OC)c1. The maximum atomic E-state index is 12.1. The zero-order chi connectivity index (χ0) is 16.8. The summed E-state index contributed by atoms with van der Waals surface area (Å²) >= 11 is 6.06. The topological polar surface area (TPSA) is 59.6 Å². The molecule has 0 bridgehead atoms. The van der Waals surface area contributed by atoms with Crippen molar-refractivity contribution in [3.63, 3.8) is 0 Å². The molecule has 0 radical (unpaired) electrons. The Kier molecular flexibility index (Phi) is 5.71. The van der Waals surface area contributed by atoms with Crippen molar-refractivity contribution < 1.29 is 14.3 Å².